The lowest BCUT2D eigenvalue weighted by molar-refractivity contribution is 0.465. The van der Waals surface area contributed by atoms with Crippen molar-refractivity contribution < 1.29 is 5.11 Å². The molecule has 0 aliphatic heterocycles. The van der Waals surface area contributed by atoms with Gasteiger partial charge in [-0.3, -0.25) is 0 Å². The smallest absolute Gasteiger partial charge is 0.120 e. The zero-order valence-electron chi connectivity index (χ0n) is 12.3. The Morgan fingerprint density at radius 2 is 1.71 bits per heavy atom. The second-order valence-electron chi connectivity index (χ2n) is 5.46. The molecule has 0 aliphatic rings. The van der Waals surface area contributed by atoms with E-state index in [0.717, 1.165) is 16.8 Å². The molecule has 0 radical (unpaired) electrons. The first-order valence-electron chi connectivity index (χ1n) is 7.19. The van der Waals surface area contributed by atoms with Crippen LogP contribution in [0, 0.1) is 6.92 Å². The number of hydrogen-bond donors (Lipinski definition) is 2. The van der Waals surface area contributed by atoms with E-state index in [0.29, 0.717) is 5.75 Å². The van der Waals surface area contributed by atoms with Gasteiger partial charge in [0.05, 0.1) is 6.04 Å². The molecule has 0 amide bonds. The van der Waals surface area contributed by atoms with Crippen LogP contribution in [-0.4, -0.2) is 5.11 Å². The van der Waals surface area contributed by atoms with Crippen molar-refractivity contribution in [3.05, 3.63) is 71.8 Å². The summed E-state index contributed by atoms with van der Waals surface area (Å²) in [6.07, 6.45) is 0. The lowest BCUT2D eigenvalue weighted by Crippen LogP contribution is -2.07. The molecular formula is C19H19NO. The molecule has 0 spiro atoms. The van der Waals surface area contributed by atoms with Crippen LogP contribution in [0.3, 0.4) is 0 Å². The predicted octanol–water partition coefficient (Wildman–Crippen LogP) is 5.03. The SMILES string of the molecule is Cc1ccc(O)c(C(C)Nc2cccc3ccccc23)c1. The molecule has 2 nitrogen and oxygen atoms in total. The third-order valence-electron chi connectivity index (χ3n) is 3.81. The van der Waals surface area contributed by atoms with E-state index in [1.54, 1.807) is 6.07 Å². The van der Waals surface area contributed by atoms with Gasteiger partial charge in [0, 0.05) is 16.6 Å². The largest absolute Gasteiger partial charge is 0.508 e. The van der Waals surface area contributed by atoms with Crippen LogP contribution in [0.15, 0.2) is 60.7 Å². The first kappa shape index (κ1) is 13.5. The zero-order valence-corrected chi connectivity index (χ0v) is 12.3. The van der Waals surface area contributed by atoms with Gasteiger partial charge in [-0.15, -0.1) is 0 Å². The molecule has 21 heavy (non-hydrogen) atoms. The van der Waals surface area contributed by atoms with Gasteiger partial charge in [-0.1, -0.05) is 54.1 Å². The van der Waals surface area contributed by atoms with Crippen LogP contribution in [0.4, 0.5) is 5.69 Å². The summed E-state index contributed by atoms with van der Waals surface area (Å²) in [7, 11) is 0. The van der Waals surface area contributed by atoms with Crippen LogP contribution >= 0.6 is 0 Å². The maximum atomic E-state index is 10.1. The second kappa shape index (κ2) is 5.49. The Kier molecular flexibility index (Phi) is 3.53. The van der Waals surface area contributed by atoms with E-state index in [9.17, 15) is 5.11 Å². The highest BCUT2D eigenvalue weighted by Gasteiger charge is 2.11. The van der Waals surface area contributed by atoms with E-state index in [4.69, 9.17) is 0 Å². The normalized spacial score (nSPS) is 12.3. The Labute approximate surface area is 125 Å². The topological polar surface area (TPSA) is 32.3 Å². The van der Waals surface area contributed by atoms with Gasteiger partial charge in [-0.2, -0.15) is 0 Å². The third kappa shape index (κ3) is 2.70. The molecule has 0 saturated carbocycles. The number of fused-ring (bicyclic) bond motifs is 1. The Bertz CT molecular complexity index is 774. The van der Waals surface area contributed by atoms with Gasteiger partial charge in [0.25, 0.3) is 0 Å². The van der Waals surface area contributed by atoms with E-state index in [-0.39, 0.29) is 6.04 Å². The maximum Gasteiger partial charge on any atom is 0.120 e. The van der Waals surface area contributed by atoms with E-state index in [2.05, 4.69) is 36.5 Å². The summed E-state index contributed by atoms with van der Waals surface area (Å²) >= 11 is 0. The highest BCUT2D eigenvalue weighted by atomic mass is 16.3. The zero-order chi connectivity index (χ0) is 14.8. The van der Waals surface area contributed by atoms with Gasteiger partial charge in [-0.25, -0.2) is 0 Å². The molecule has 2 N–H and O–H groups in total. The summed E-state index contributed by atoms with van der Waals surface area (Å²) in [5.74, 6) is 0.334. The van der Waals surface area contributed by atoms with E-state index < -0.39 is 0 Å². The van der Waals surface area contributed by atoms with E-state index in [1.165, 1.54) is 10.8 Å². The fraction of sp³-hybridized carbons (Fsp3) is 0.158. The monoisotopic (exact) mass is 277 g/mol. The molecule has 1 unspecified atom stereocenters. The van der Waals surface area contributed by atoms with Crippen LogP contribution < -0.4 is 5.32 Å². The Hall–Kier alpha value is -2.48. The van der Waals surface area contributed by atoms with Crippen molar-refractivity contribution in [2.75, 3.05) is 5.32 Å². The third-order valence-corrected chi connectivity index (χ3v) is 3.81. The lowest BCUT2D eigenvalue weighted by atomic mass is 10.0. The van der Waals surface area contributed by atoms with E-state index in [1.807, 2.05) is 37.3 Å². The summed E-state index contributed by atoms with van der Waals surface area (Å²) in [4.78, 5) is 0. The highest BCUT2D eigenvalue weighted by Crippen LogP contribution is 2.30. The van der Waals surface area contributed by atoms with Crippen molar-refractivity contribution in [1.82, 2.24) is 0 Å². The summed E-state index contributed by atoms with van der Waals surface area (Å²) in [6.45, 7) is 4.10. The molecule has 3 aromatic rings. The fourth-order valence-electron chi connectivity index (χ4n) is 2.68. The van der Waals surface area contributed by atoms with Gasteiger partial charge in [0.15, 0.2) is 0 Å². The Morgan fingerprint density at radius 1 is 0.952 bits per heavy atom. The van der Waals surface area contributed by atoms with Crippen molar-refractivity contribution >= 4 is 16.5 Å². The Morgan fingerprint density at radius 3 is 2.57 bits per heavy atom. The quantitative estimate of drug-likeness (QED) is 0.704. The molecule has 0 fully saturated rings. The molecule has 3 aromatic carbocycles. The summed E-state index contributed by atoms with van der Waals surface area (Å²) in [6, 6.07) is 20.3. The average molecular weight is 277 g/mol. The Balaban J connectivity index is 1.96. The molecule has 3 rings (SSSR count). The number of aryl methyl sites for hydroxylation is 1. The first-order valence-corrected chi connectivity index (χ1v) is 7.19. The number of phenols is 1. The van der Waals surface area contributed by atoms with Crippen LogP contribution in [-0.2, 0) is 0 Å². The standard InChI is InChI=1S/C19H19NO/c1-13-10-11-19(21)17(12-13)14(2)20-18-9-5-7-15-6-3-4-8-16(15)18/h3-12,14,20-21H,1-2H3. The van der Waals surface area contributed by atoms with Crippen LogP contribution in [0.5, 0.6) is 5.75 Å². The summed E-state index contributed by atoms with van der Waals surface area (Å²) < 4.78 is 0. The van der Waals surface area contributed by atoms with Crippen LogP contribution in [0.25, 0.3) is 10.8 Å². The minimum atomic E-state index is 0.0377. The van der Waals surface area contributed by atoms with Gasteiger partial charge in [0.2, 0.25) is 0 Å². The molecule has 1 atom stereocenters. The second-order valence-corrected chi connectivity index (χ2v) is 5.46. The predicted molar refractivity (Wildman–Crippen MR) is 88.8 cm³/mol. The van der Waals surface area contributed by atoms with E-state index >= 15 is 0 Å². The van der Waals surface area contributed by atoms with Crippen molar-refractivity contribution in [3.63, 3.8) is 0 Å². The lowest BCUT2D eigenvalue weighted by Gasteiger charge is -2.19. The number of aromatic hydroxyl groups is 1. The molecule has 0 saturated heterocycles. The van der Waals surface area contributed by atoms with Crippen molar-refractivity contribution in [2.45, 2.75) is 19.9 Å². The molecule has 2 heteroatoms. The van der Waals surface area contributed by atoms with Crippen LogP contribution in [0.2, 0.25) is 0 Å². The number of anilines is 1. The first-order chi connectivity index (χ1) is 10.1. The minimum absolute atomic E-state index is 0.0377. The molecular weight excluding hydrogens is 258 g/mol. The number of benzene rings is 3. The fourth-order valence-corrected chi connectivity index (χ4v) is 2.68. The van der Waals surface area contributed by atoms with Crippen LogP contribution in [0.1, 0.15) is 24.1 Å². The highest BCUT2D eigenvalue weighted by molar-refractivity contribution is 5.93. The summed E-state index contributed by atoms with van der Waals surface area (Å²) in [5, 5.41) is 16.0. The van der Waals surface area contributed by atoms with Crippen molar-refractivity contribution in [2.24, 2.45) is 0 Å². The minimum Gasteiger partial charge on any atom is -0.508 e. The molecule has 0 bridgehead atoms. The number of phenolic OH excluding ortho intramolecular Hbond substituents is 1. The molecule has 106 valence electrons. The molecule has 0 aliphatic carbocycles. The van der Waals surface area contributed by atoms with Crippen molar-refractivity contribution in [3.8, 4) is 5.75 Å². The van der Waals surface area contributed by atoms with Crippen molar-refractivity contribution in [1.29, 1.82) is 0 Å². The van der Waals surface area contributed by atoms with Gasteiger partial charge < -0.3 is 10.4 Å². The number of hydrogen-bond acceptors (Lipinski definition) is 2. The summed E-state index contributed by atoms with van der Waals surface area (Å²) in [5.41, 5.74) is 3.15. The maximum absolute atomic E-state index is 10.1. The average Bonchev–Trinajstić information content (AvgIpc) is 2.50. The van der Waals surface area contributed by atoms with Gasteiger partial charge >= 0.3 is 0 Å². The number of rotatable bonds is 3. The number of nitrogens with one attached hydrogen (secondary N) is 1. The molecule has 0 aromatic heterocycles. The van der Waals surface area contributed by atoms with Gasteiger partial charge in [0.1, 0.15) is 5.75 Å². The molecule has 0 heterocycles. The van der Waals surface area contributed by atoms with Gasteiger partial charge in [-0.05, 0) is 31.4 Å².